The van der Waals surface area contributed by atoms with Crippen LogP contribution >= 0.6 is 0 Å². The fourth-order valence-electron chi connectivity index (χ4n) is 3.34. The number of hydrogen-bond donors (Lipinski definition) is 2. The van der Waals surface area contributed by atoms with Gasteiger partial charge in [-0.2, -0.15) is 0 Å². The van der Waals surface area contributed by atoms with E-state index < -0.39 is 0 Å². The Balaban J connectivity index is 1.80. The van der Waals surface area contributed by atoms with Gasteiger partial charge in [-0.15, -0.1) is 0 Å². The smallest absolute Gasteiger partial charge is 0.191 e. The molecule has 6 nitrogen and oxygen atoms in total. The van der Waals surface area contributed by atoms with E-state index in [1.165, 1.54) is 32.1 Å². The van der Waals surface area contributed by atoms with E-state index in [0.717, 1.165) is 49.1 Å². The molecule has 1 aliphatic rings. The van der Waals surface area contributed by atoms with Crippen molar-refractivity contribution in [3.05, 3.63) is 23.8 Å². The third-order valence-electron chi connectivity index (χ3n) is 4.76. The maximum Gasteiger partial charge on any atom is 0.191 e. The standard InChI is InChI=1S/C21H35N3O3/c1-4-22-21(23-14-9-15-27-18-11-6-5-7-12-18)24-16-17-10-8-13-19(25-2)20(17)26-3/h8,10,13,18H,4-7,9,11-12,14-16H2,1-3H3,(H2,22,23,24). The van der Waals surface area contributed by atoms with Gasteiger partial charge in [-0.3, -0.25) is 0 Å². The fourth-order valence-corrected chi connectivity index (χ4v) is 3.34. The number of ether oxygens (including phenoxy) is 3. The maximum atomic E-state index is 5.98. The Bertz CT molecular complexity index is 572. The molecule has 1 aromatic carbocycles. The minimum Gasteiger partial charge on any atom is -0.493 e. The molecular formula is C21H35N3O3. The summed E-state index contributed by atoms with van der Waals surface area (Å²) in [6.07, 6.45) is 7.88. The van der Waals surface area contributed by atoms with Crippen molar-refractivity contribution in [2.24, 2.45) is 4.99 Å². The van der Waals surface area contributed by atoms with Crippen LogP contribution in [0.5, 0.6) is 11.5 Å². The minimum atomic E-state index is 0.473. The summed E-state index contributed by atoms with van der Waals surface area (Å²) in [7, 11) is 3.30. The number of aliphatic imine (C=N–C) groups is 1. The average Bonchev–Trinajstić information content (AvgIpc) is 2.72. The van der Waals surface area contributed by atoms with Gasteiger partial charge in [-0.25, -0.2) is 4.99 Å². The van der Waals surface area contributed by atoms with Gasteiger partial charge in [0.25, 0.3) is 0 Å². The highest BCUT2D eigenvalue weighted by molar-refractivity contribution is 5.79. The van der Waals surface area contributed by atoms with E-state index in [0.29, 0.717) is 12.6 Å². The summed E-state index contributed by atoms with van der Waals surface area (Å²) < 4.78 is 16.8. The van der Waals surface area contributed by atoms with Gasteiger partial charge in [0.1, 0.15) is 0 Å². The van der Waals surface area contributed by atoms with Gasteiger partial charge in [-0.1, -0.05) is 31.4 Å². The Morgan fingerprint density at radius 2 is 1.93 bits per heavy atom. The molecule has 0 atom stereocenters. The normalized spacial score (nSPS) is 15.4. The topological polar surface area (TPSA) is 64.1 Å². The molecule has 2 rings (SSSR count). The monoisotopic (exact) mass is 377 g/mol. The molecule has 0 spiro atoms. The summed E-state index contributed by atoms with van der Waals surface area (Å²) in [4.78, 5) is 4.67. The molecule has 0 bridgehead atoms. The number of rotatable bonds is 10. The third kappa shape index (κ3) is 7.29. The molecule has 152 valence electrons. The lowest BCUT2D eigenvalue weighted by atomic mass is 9.98. The summed E-state index contributed by atoms with van der Waals surface area (Å²) >= 11 is 0. The first-order valence-corrected chi connectivity index (χ1v) is 10.1. The van der Waals surface area contributed by atoms with Crippen molar-refractivity contribution in [3.8, 4) is 11.5 Å². The SMILES string of the molecule is CCNC(=NCc1cccc(OC)c1OC)NCCCOC1CCCCC1. The van der Waals surface area contributed by atoms with Crippen LogP contribution in [0.2, 0.25) is 0 Å². The van der Waals surface area contributed by atoms with Gasteiger partial charge in [0.2, 0.25) is 0 Å². The Kier molecular flexibility index (Phi) is 9.84. The zero-order valence-electron chi connectivity index (χ0n) is 17.1. The number of guanidine groups is 1. The summed E-state index contributed by atoms with van der Waals surface area (Å²) in [6.45, 7) is 5.05. The van der Waals surface area contributed by atoms with Crippen LogP contribution in [-0.2, 0) is 11.3 Å². The molecule has 1 saturated carbocycles. The summed E-state index contributed by atoms with van der Waals surface area (Å²) in [5, 5.41) is 6.67. The lowest BCUT2D eigenvalue weighted by molar-refractivity contribution is 0.0277. The number of nitrogens with one attached hydrogen (secondary N) is 2. The quantitative estimate of drug-likeness (QED) is 0.371. The highest BCUT2D eigenvalue weighted by atomic mass is 16.5. The van der Waals surface area contributed by atoms with Crippen LogP contribution < -0.4 is 20.1 Å². The molecule has 0 heterocycles. The van der Waals surface area contributed by atoms with Gasteiger partial charge in [-0.05, 0) is 32.3 Å². The zero-order valence-corrected chi connectivity index (χ0v) is 17.1. The van der Waals surface area contributed by atoms with Crippen LogP contribution in [0.1, 0.15) is 51.0 Å². The number of benzene rings is 1. The minimum absolute atomic E-state index is 0.473. The van der Waals surface area contributed by atoms with Crippen molar-refractivity contribution >= 4 is 5.96 Å². The van der Waals surface area contributed by atoms with E-state index >= 15 is 0 Å². The third-order valence-corrected chi connectivity index (χ3v) is 4.76. The second kappa shape index (κ2) is 12.4. The Labute approximate surface area is 163 Å². The van der Waals surface area contributed by atoms with Gasteiger partial charge in [0.05, 0.1) is 26.9 Å². The molecule has 0 saturated heterocycles. The van der Waals surface area contributed by atoms with Crippen LogP contribution in [0.4, 0.5) is 0 Å². The second-order valence-electron chi connectivity index (χ2n) is 6.76. The summed E-state index contributed by atoms with van der Waals surface area (Å²) in [5.41, 5.74) is 0.995. The molecule has 6 heteroatoms. The van der Waals surface area contributed by atoms with Crippen molar-refractivity contribution in [2.75, 3.05) is 33.9 Å². The first-order chi connectivity index (χ1) is 13.3. The first-order valence-electron chi connectivity index (χ1n) is 10.1. The molecule has 2 N–H and O–H groups in total. The number of methoxy groups -OCH3 is 2. The molecule has 0 aliphatic heterocycles. The van der Waals surface area contributed by atoms with E-state index in [1.807, 2.05) is 18.2 Å². The van der Waals surface area contributed by atoms with E-state index in [2.05, 4.69) is 22.5 Å². The fraction of sp³-hybridized carbons (Fsp3) is 0.667. The maximum absolute atomic E-state index is 5.98. The van der Waals surface area contributed by atoms with Crippen molar-refractivity contribution in [1.82, 2.24) is 10.6 Å². The lowest BCUT2D eigenvalue weighted by Crippen LogP contribution is -2.38. The van der Waals surface area contributed by atoms with E-state index in [9.17, 15) is 0 Å². The first kappa shape index (κ1) is 21.4. The summed E-state index contributed by atoms with van der Waals surface area (Å²) in [6, 6.07) is 5.85. The van der Waals surface area contributed by atoms with Crippen LogP contribution in [-0.4, -0.2) is 46.0 Å². The summed E-state index contributed by atoms with van der Waals surface area (Å²) in [5.74, 6) is 2.27. The zero-order chi connectivity index (χ0) is 19.3. The number of para-hydroxylation sites is 1. The molecule has 1 aliphatic carbocycles. The van der Waals surface area contributed by atoms with E-state index in [1.54, 1.807) is 14.2 Å². The predicted octanol–water partition coefficient (Wildman–Crippen LogP) is 3.50. The molecule has 1 fully saturated rings. The van der Waals surface area contributed by atoms with E-state index in [4.69, 9.17) is 14.2 Å². The van der Waals surface area contributed by atoms with Crippen molar-refractivity contribution < 1.29 is 14.2 Å². The lowest BCUT2D eigenvalue weighted by Gasteiger charge is -2.22. The van der Waals surface area contributed by atoms with Crippen molar-refractivity contribution in [3.63, 3.8) is 0 Å². The largest absolute Gasteiger partial charge is 0.493 e. The highest BCUT2D eigenvalue weighted by Gasteiger charge is 2.13. The molecule has 0 radical (unpaired) electrons. The van der Waals surface area contributed by atoms with Crippen LogP contribution in [0, 0.1) is 0 Å². The van der Waals surface area contributed by atoms with Crippen molar-refractivity contribution in [2.45, 2.75) is 58.1 Å². The molecule has 0 aromatic heterocycles. The van der Waals surface area contributed by atoms with Gasteiger partial charge in [0, 0.05) is 25.3 Å². The Morgan fingerprint density at radius 3 is 2.63 bits per heavy atom. The average molecular weight is 378 g/mol. The number of nitrogens with zero attached hydrogens (tertiary/aromatic N) is 1. The van der Waals surface area contributed by atoms with E-state index in [-0.39, 0.29) is 0 Å². The number of hydrogen-bond acceptors (Lipinski definition) is 4. The molecule has 1 aromatic rings. The van der Waals surface area contributed by atoms with Gasteiger partial charge in [0.15, 0.2) is 17.5 Å². The van der Waals surface area contributed by atoms with Crippen LogP contribution in [0.25, 0.3) is 0 Å². The predicted molar refractivity (Wildman–Crippen MR) is 110 cm³/mol. The molecule has 27 heavy (non-hydrogen) atoms. The molecular weight excluding hydrogens is 342 g/mol. The second-order valence-corrected chi connectivity index (χ2v) is 6.76. The Hall–Kier alpha value is -1.95. The van der Waals surface area contributed by atoms with Crippen molar-refractivity contribution in [1.29, 1.82) is 0 Å². The Morgan fingerprint density at radius 1 is 1.11 bits per heavy atom. The molecule has 0 amide bonds. The van der Waals surface area contributed by atoms with Gasteiger partial charge < -0.3 is 24.8 Å². The highest BCUT2D eigenvalue weighted by Crippen LogP contribution is 2.31. The van der Waals surface area contributed by atoms with Crippen LogP contribution in [0.3, 0.4) is 0 Å². The molecule has 0 unspecified atom stereocenters. The van der Waals surface area contributed by atoms with Crippen LogP contribution in [0.15, 0.2) is 23.2 Å². The van der Waals surface area contributed by atoms with Gasteiger partial charge >= 0.3 is 0 Å².